The summed E-state index contributed by atoms with van der Waals surface area (Å²) in [7, 11) is 1.85. The van der Waals surface area contributed by atoms with Crippen LogP contribution >= 0.6 is 35.7 Å². The summed E-state index contributed by atoms with van der Waals surface area (Å²) in [6.45, 7) is 4.21. The molecule has 0 bridgehead atoms. The molecule has 6 heteroatoms. The molecule has 2 rings (SSSR count). The highest BCUT2D eigenvalue weighted by Crippen LogP contribution is 2.19. The minimum absolute atomic E-state index is 0. The van der Waals surface area contributed by atoms with E-state index in [4.69, 9.17) is 0 Å². The molecule has 1 aromatic rings. The van der Waals surface area contributed by atoms with Gasteiger partial charge < -0.3 is 10.6 Å². The van der Waals surface area contributed by atoms with Crippen molar-refractivity contribution in [2.24, 2.45) is 4.99 Å². The Balaban J connectivity index is 0.00000312. The second kappa shape index (κ2) is 13.7. The zero-order valence-electron chi connectivity index (χ0n) is 15.5. The quantitative estimate of drug-likeness (QED) is 0.248. The maximum absolute atomic E-state index is 4.35. The van der Waals surface area contributed by atoms with Gasteiger partial charge in [0.05, 0.1) is 0 Å². The zero-order valence-corrected chi connectivity index (χ0v) is 18.7. The van der Waals surface area contributed by atoms with Gasteiger partial charge in [-0.15, -0.1) is 24.0 Å². The predicted octanol–water partition coefficient (Wildman–Crippen LogP) is 3.58. The highest BCUT2D eigenvalue weighted by Gasteiger charge is 2.24. The van der Waals surface area contributed by atoms with E-state index >= 15 is 0 Å². The van der Waals surface area contributed by atoms with Gasteiger partial charge in [-0.2, -0.15) is 11.8 Å². The SMILES string of the molecule is CN=C(NCCCCSC)NCC1CCCN1Cc1ccccc1.I. The Hall–Kier alpha value is -0.470. The standard InChI is InChI=1S/C19H32N4S.HI/c1-20-19(21-12-6-7-14-24-2)22-15-18-11-8-13-23(18)16-17-9-4-3-5-10-17;/h3-5,9-10,18H,6-8,11-16H2,1-2H3,(H2,20,21,22);1H. The number of rotatable bonds is 9. The molecule has 1 saturated heterocycles. The number of nitrogens with zero attached hydrogens (tertiary/aromatic N) is 2. The number of aliphatic imine (C=N–C) groups is 1. The lowest BCUT2D eigenvalue weighted by atomic mass is 10.2. The minimum Gasteiger partial charge on any atom is -0.356 e. The van der Waals surface area contributed by atoms with Gasteiger partial charge in [-0.1, -0.05) is 30.3 Å². The first-order chi connectivity index (χ1) is 11.8. The monoisotopic (exact) mass is 476 g/mol. The lowest BCUT2D eigenvalue weighted by Gasteiger charge is -2.25. The Morgan fingerprint density at radius 1 is 1.24 bits per heavy atom. The maximum Gasteiger partial charge on any atom is 0.191 e. The molecule has 1 atom stereocenters. The normalized spacial score (nSPS) is 18.0. The molecule has 1 aliphatic heterocycles. The minimum atomic E-state index is 0. The number of hydrogen-bond acceptors (Lipinski definition) is 3. The molecule has 0 aromatic heterocycles. The van der Waals surface area contributed by atoms with Crippen molar-refractivity contribution in [3.05, 3.63) is 35.9 Å². The van der Waals surface area contributed by atoms with Crippen molar-refractivity contribution in [3.8, 4) is 0 Å². The third-order valence-corrected chi connectivity index (χ3v) is 5.22. The summed E-state index contributed by atoms with van der Waals surface area (Å²) in [5, 5.41) is 6.94. The van der Waals surface area contributed by atoms with E-state index in [1.54, 1.807) is 0 Å². The summed E-state index contributed by atoms with van der Waals surface area (Å²) in [5.41, 5.74) is 1.40. The summed E-state index contributed by atoms with van der Waals surface area (Å²) in [4.78, 5) is 6.94. The Bertz CT molecular complexity index is 484. The van der Waals surface area contributed by atoms with Crippen molar-refractivity contribution in [2.45, 2.75) is 38.3 Å². The predicted molar refractivity (Wildman–Crippen MR) is 122 cm³/mol. The number of halogens is 1. The van der Waals surface area contributed by atoms with E-state index < -0.39 is 0 Å². The van der Waals surface area contributed by atoms with Crippen molar-refractivity contribution >= 4 is 41.7 Å². The van der Waals surface area contributed by atoms with Gasteiger partial charge >= 0.3 is 0 Å². The summed E-state index contributed by atoms with van der Waals surface area (Å²) in [5.74, 6) is 2.18. The van der Waals surface area contributed by atoms with E-state index in [1.807, 2.05) is 18.8 Å². The molecule has 1 aliphatic rings. The summed E-state index contributed by atoms with van der Waals surface area (Å²) in [6.07, 6.45) is 7.19. The number of hydrogen-bond donors (Lipinski definition) is 2. The van der Waals surface area contributed by atoms with Crippen LogP contribution in [0.15, 0.2) is 35.3 Å². The molecule has 25 heavy (non-hydrogen) atoms. The zero-order chi connectivity index (χ0) is 17.0. The summed E-state index contributed by atoms with van der Waals surface area (Å²) < 4.78 is 0. The Labute approximate surface area is 174 Å². The van der Waals surface area contributed by atoms with E-state index in [9.17, 15) is 0 Å². The number of benzene rings is 1. The average molecular weight is 476 g/mol. The molecule has 0 spiro atoms. The van der Waals surface area contributed by atoms with Crippen LogP contribution in [0.2, 0.25) is 0 Å². The van der Waals surface area contributed by atoms with E-state index in [-0.39, 0.29) is 24.0 Å². The van der Waals surface area contributed by atoms with Crippen molar-refractivity contribution < 1.29 is 0 Å². The van der Waals surface area contributed by atoms with Gasteiger partial charge in [0.25, 0.3) is 0 Å². The van der Waals surface area contributed by atoms with E-state index in [1.165, 1.54) is 43.5 Å². The third-order valence-electron chi connectivity index (χ3n) is 4.52. The first kappa shape index (κ1) is 22.6. The number of nitrogens with one attached hydrogen (secondary N) is 2. The first-order valence-electron chi connectivity index (χ1n) is 9.05. The molecule has 0 aliphatic carbocycles. The van der Waals surface area contributed by atoms with Gasteiger partial charge in [0.15, 0.2) is 5.96 Å². The molecule has 1 aromatic carbocycles. The van der Waals surface area contributed by atoms with Crippen LogP contribution in [0.4, 0.5) is 0 Å². The number of thioether (sulfide) groups is 1. The van der Waals surface area contributed by atoms with E-state index in [0.29, 0.717) is 6.04 Å². The molecular formula is C19H33IN4S. The molecule has 0 amide bonds. The van der Waals surface area contributed by atoms with Crippen molar-refractivity contribution in [1.29, 1.82) is 0 Å². The van der Waals surface area contributed by atoms with Gasteiger partial charge in [0.2, 0.25) is 0 Å². The molecule has 2 N–H and O–H groups in total. The van der Waals surface area contributed by atoms with Crippen LogP contribution in [0, 0.1) is 0 Å². The largest absolute Gasteiger partial charge is 0.356 e. The molecule has 1 fully saturated rings. The molecular weight excluding hydrogens is 443 g/mol. The fourth-order valence-electron chi connectivity index (χ4n) is 3.17. The molecule has 0 radical (unpaired) electrons. The summed E-state index contributed by atoms with van der Waals surface area (Å²) >= 11 is 1.91. The lowest BCUT2D eigenvalue weighted by Crippen LogP contribution is -2.44. The van der Waals surface area contributed by atoms with Crippen LogP contribution in [-0.2, 0) is 6.54 Å². The third kappa shape index (κ3) is 8.64. The van der Waals surface area contributed by atoms with Gasteiger partial charge in [0.1, 0.15) is 0 Å². The molecule has 1 unspecified atom stereocenters. The average Bonchev–Trinajstić information content (AvgIpc) is 3.05. The summed E-state index contributed by atoms with van der Waals surface area (Å²) in [6, 6.07) is 11.4. The number of guanidine groups is 1. The van der Waals surface area contributed by atoms with E-state index in [0.717, 1.165) is 25.6 Å². The Morgan fingerprint density at radius 3 is 2.76 bits per heavy atom. The maximum atomic E-state index is 4.35. The smallest absolute Gasteiger partial charge is 0.191 e. The van der Waals surface area contributed by atoms with Crippen LogP contribution in [0.25, 0.3) is 0 Å². The molecule has 1 heterocycles. The topological polar surface area (TPSA) is 39.7 Å². The van der Waals surface area contributed by atoms with Crippen LogP contribution < -0.4 is 10.6 Å². The second-order valence-corrected chi connectivity index (χ2v) is 7.32. The molecule has 4 nitrogen and oxygen atoms in total. The highest BCUT2D eigenvalue weighted by atomic mass is 127. The fourth-order valence-corrected chi connectivity index (χ4v) is 3.66. The van der Waals surface area contributed by atoms with Crippen LogP contribution in [0.1, 0.15) is 31.2 Å². The fraction of sp³-hybridized carbons (Fsp3) is 0.632. The first-order valence-corrected chi connectivity index (χ1v) is 10.4. The molecule has 0 saturated carbocycles. The van der Waals surface area contributed by atoms with E-state index in [2.05, 4.69) is 57.1 Å². The van der Waals surface area contributed by atoms with Crippen molar-refractivity contribution in [3.63, 3.8) is 0 Å². The number of likely N-dealkylation sites (tertiary alicyclic amines) is 1. The van der Waals surface area contributed by atoms with Gasteiger partial charge in [0, 0.05) is 32.7 Å². The van der Waals surface area contributed by atoms with Gasteiger partial charge in [-0.05, 0) is 49.8 Å². The van der Waals surface area contributed by atoms with Gasteiger partial charge in [-0.25, -0.2) is 0 Å². The van der Waals surface area contributed by atoms with Crippen molar-refractivity contribution in [2.75, 3.05) is 38.7 Å². The second-order valence-electron chi connectivity index (χ2n) is 6.33. The lowest BCUT2D eigenvalue weighted by molar-refractivity contribution is 0.245. The van der Waals surface area contributed by atoms with Crippen LogP contribution in [-0.4, -0.2) is 55.6 Å². The Morgan fingerprint density at radius 2 is 2.04 bits per heavy atom. The van der Waals surface area contributed by atoms with Gasteiger partial charge in [-0.3, -0.25) is 9.89 Å². The molecule has 142 valence electrons. The van der Waals surface area contributed by atoms with Crippen LogP contribution in [0.5, 0.6) is 0 Å². The van der Waals surface area contributed by atoms with Crippen molar-refractivity contribution in [1.82, 2.24) is 15.5 Å². The number of unbranched alkanes of at least 4 members (excludes halogenated alkanes) is 1. The Kier molecular flexibility index (Phi) is 12.4. The van der Waals surface area contributed by atoms with Crippen LogP contribution in [0.3, 0.4) is 0 Å². The highest BCUT2D eigenvalue weighted by molar-refractivity contribution is 14.0.